The predicted octanol–water partition coefficient (Wildman–Crippen LogP) is 3.80. The molecule has 1 N–H and O–H groups in total. The molecule has 0 heterocycles. The predicted molar refractivity (Wildman–Crippen MR) is 85.4 cm³/mol. The van der Waals surface area contributed by atoms with E-state index in [1.54, 1.807) is 0 Å². The normalized spacial score (nSPS) is 11.9. The lowest BCUT2D eigenvalue weighted by Crippen LogP contribution is -2.14. The first-order chi connectivity index (χ1) is 10.1. The van der Waals surface area contributed by atoms with Crippen molar-refractivity contribution < 1.29 is 14.7 Å². The van der Waals surface area contributed by atoms with E-state index in [2.05, 4.69) is 0 Å². The fraction of sp³-hybridized carbons (Fsp3) is 0.176. The molecule has 0 spiro atoms. The Balaban J connectivity index is 2.19. The average Bonchev–Trinajstić information content (AvgIpc) is 2.48. The van der Waals surface area contributed by atoms with Gasteiger partial charge in [-0.2, -0.15) is 0 Å². The summed E-state index contributed by atoms with van der Waals surface area (Å²) < 4.78 is 0. The fourth-order valence-electron chi connectivity index (χ4n) is 2.05. The standard InChI is InChI=1S/C17H16O3S/c1-12(18)21-11-16(17(19)20)15-9-7-14(8-10-15)13-5-3-2-4-6-13/h2-10,16H,11H2,1H3,(H,19,20). The molecule has 0 aromatic heterocycles. The van der Waals surface area contributed by atoms with Gasteiger partial charge in [-0.05, 0) is 16.7 Å². The first-order valence-corrected chi connectivity index (χ1v) is 7.58. The summed E-state index contributed by atoms with van der Waals surface area (Å²) in [5.74, 6) is -1.31. The minimum absolute atomic E-state index is 0.0674. The first-order valence-electron chi connectivity index (χ1n) is 6.59. The van der Waals surface area contributed by atoms with Crippen molar-refractivity contribution in [1.82, 2.24) is 0 Å². The van der Waals surface area contributed by atoms with Crippen LogP contribution in [0.2, 0.25) is 0 Å². The molecular weight excluding hydrogens is 284 g/mol. The van der Waals surface area contributed by atoms with Crippen LogP contribution in [-0.2, 0) is 9.59 Å². The van der Waals surface area contributed by atoms with Gasteiger partial charge in [-0.15, -0.1) is 0 Å². The lowest BCUT2D eigenvalue weighted by Gasteiger charge is -2.12. The number of carboxylic acids is 1. The summed E-state index contributed by atoms with van der Waals surface area (Å²) in [6.45, 7) is 1.45. The molecule has 0 bridgehead atoms. The van der Waals surface area contributed by atoms with Crippen LogP contribution in [0, 0.1) is 0 Å². The van der Waals surface area contributed by atoms with E-state index in [9.17, 15) is 14.7 Å². The number of thioether (sulfide) groups is 1. The number of carbonyl (C=O) groups excluding carboxylic acids is 1. The summed E-state index contributed by atoms with van der Waals surface area (Å²) in [6, 6.07) is 17.4. The van der Waals surface area contributed by atoms with Crippen LogP contribution in [0.5, 0.6) is 0 Å². The number of aliphatic carboxylic acids is 1. The van der Waals surface area contributed by atoms with E-state index in [0.29, 0.717) is 0 Å². The van der Waals surface area contributed by atoms with Crippen LogP contribution in [0.15, 0.2) is 54.6 Å². The van der Waals surface area contributed by atoms with Gasteiger partial charge >= 0.3 is 5.97 Å². The van der Waals surface area contributed by atoms with Crippen molar-refractivity contribution >= 4 is 22.8 Å². The molecule has 4 heteroatoms. The SMILES string of the molecule is CC(=O)SCC(C(=O)O)c1ccc(-c2ccccc2)cc1. The second-order valence-electron chi connectivity index (χ2n) is 4.68. The molecule has 0 aliphatic heterocycles. The molecule has 0 radical (unpaired) electrons. The van der Waals surface area contributed by atoms with E-state index in [-0.39, 0.29) is 10.9 Å². The molecule has 108 valence electrons. The van der Waals surface area contributed by atoms with Gasteiger partial charge in [0.2, 0.25) is 0 Å². The van der Waals surface area contributed by atoms with Gasteiger partial charge in [0.05, 0.1) is 5.92 Å². The molecule has 0 saturated carbocycles. The maximum absolute atomic E-state index is 11.3. The average molecular weight is 300 g/mol. The molecule has 1 unspecified atom stereocenters. The smallest absolute Gasteiger partial charge is 0.311 e. The van der Waals surface area contributed by atoms with E-state index in [4.69, 9.17) is 0 Å². The summed E-state index contributed by atoms with van der Waals surface area (Å²) in [7, 11) is 0. The summed E-state index contributed by atoms with van der Waals surface area (Å²) in [6.07, 6.45) is 0. The van der Waals surface area contributed by atoms with Crippen molar-refractivity contribution in [3.05, 3.63) is 60.2 Å². The maximum Gasteiger partial charge on any atom is 0.311 e. The third-order valence-electron chi connectivity index (χ3n) is 3.17. The van der Waals surface area contributed by atoms with Gasteiger partial charge in [0.15, 0.2) is 5.12 Å². The van der Waals surface area contributed by atoms with Crippen LogP contribution in [0.4, 0.5) is 0 Å². The number of hydrogen-bond donors (Lipinski definition) is 1. The van der Waals surface area contributed by atoms with Gasteiger partial charge in [-0.3, -0.25) is 9.59 Å². The van der Waals surface area contributed by atoms with E-state index >= 15 is 0 Å². The summed E-state index contributed by atoms with van der Waals surface area (Å²) in [5, 5.41) is 9.23. The van der Waals surface area contributed by atoms with Crippen molar-refractivity contribution in [2.75, 3.05) is 5.75 Å². The van der Waals surface area contributed by atoms with Crippen LogP contribution >= 0.6 is 11.8 Å². The molecule has 0 amide bonds. The molecule has 2 aromatic carbocycles. The third-order valence-corrected chi connectivity index (χ3v) is 4.08. The summed E-state index contributed by atoms with van der Waals surface area (Å²) in [4.78, 5) is 22.4. The third kappa shape index (κ3) is 4.20. The molecule has 1 atom stereocenters. The molecule has 2 rings (SSSR count). The van der Waals surface area contributed by atoms with Crippen LogP contribution in [-0.4, -0.2) is 21.9 Å². The molecular formula is C17H16O3S. The highest BCUT2D eigenvalue weighted by atomic mass is 32.2. The number of carbonyl (C=O) groups is 2. The fourth-order valence-corrected chi connectivity index (χ4v) is 2.79. The molecule has 21 heavy (non-hydrogen) atoms. The molecule has 0 aliphatic rings. The van der Waals surface area contributed by atoms with Crippen LogP contribution < -0.4 is 0 Å². The largest absolute Gasteiger partial charge is 0.481 e. The van der Waals surface area contributed by atoms with Gasteiger partial charge in [-0.1, -0.05) is 66.4 Å². The van der Waals surface area contributed by atoms with Crippen molar-refractivity contribution in [2.45, 2.75) is 12.8 Å². The van der Waals surface area contributed by atoms with Gasteiger partial charge in [0.25, 0.3) is 0 Å². The highest BCUT2D eigenvalue weighted by Crippen LogP contribution is 2.25. The zero-order valence-corrected chi connectivity index (χ0v) is 12.5. The van der Waals surface area contributed by atoms with Crippen LogP contribution in [0.25, 0.3) is 11.1 Å². The Morgan fingerprint density at radius 1 is 1.00 bits per heavy atom. The van der Waals surface area contributed by atoms with Gasteiger partial charge in [0.1, 0.15) is 0 Å². The molecule has 0 aliphatic carbocycles. The second-order valence-corrected chi connectivity index (χ2v) is 5.88. The number of rotatable bonds is 5. The Morgan fingerprint density at radius 3 is 2.10 bits per heavy atom. The van der Waals surface area contributed by atoms with E-state index in [1.807, 2.05) is 54.6 Å². The Hall–Kier alpha value is -2.07. The Bertz CT molecular complexity index is 620. The molecule has 3 nitrogen and oxygen atoms in total. The quantitative estimate of drug-likeness (QED) is 0.912. The zero-order chi connectivity index (χ0) is 15.2. The Labute approximate surface area is 128 Å². The summed E-state index contributed by atoms with van der Waals surface area (Å²) >= 11 is 1.04. The topological polar surface area (TPSA) is 54.4 Å². The van der Waals surface area contributed by atoms with E-state index in [1.165, 1.54) is 6.92 Å². The highest BCUT2D eigenvalue weighted by molar-refractivity contribution is 8.13. The Kier molecular flexibility index (Phi) is 5.17. The van der Waals surface area contributed by atoms with E-state index < -0.39 is 11.9 Å². The Morgan fingerprint density at radius 2 is 1.57 bits per heavy atom. The van der Waals surface area contributed by atoms with Crippen molar-refractivity contribution in [3.63, 3.8) is 0 Å². The van der Waals surface area contributed by atoms with Crippen molar-refractivity contribution in [3.8, 4) is 11.1 Å². The molecule has 0 fully saturated rings. The van der Waals surface area contributed by atoms with Crippen LogP contribution in [0.3, 0.4) is 0 Å². The monoisotopic (exact) mass is 300 g/mol. The minimum atomic E-state index is -0.906. The number of carboxylic acid groups (broad SMARTS) is 1. The van der Waals surface area contributed by atoms with Gasteiger partial charge < -0.3 is 5.11 Å². The van der Waals surface area contributed by atoms with Gasteiger partial charge in [0, 0.05) is 12.7 Å². The maximum atomic E-state index is 11.3. The lowest BCUT2D eigenvalue weighted by molar-refractivity contribution is -0.138. The van der Waals surface area contributed by atoms with E-state index in [0.717, 1.165) is 28.5 Å². The minimum Gasteiger partial charge on any atom is -0.481 e. The second kappa shape index (κ2) is 7.09. The zero-order valence-electron chi connectivity index (χ0n) is 11.7. The number of benzene rings is 2. The molecule has 0 saturated heterocycles. The van der Waals surface area contributed by atoms with Crippen molar-refractivity contribution in [2.24, 2.45) is 0 Å². The summed E-state index contributed by atoms with van der Waals surface area (Å²) in [5.41, 5.74) is 2.85. The van der Waals surface area contributed by atoms with Crippen molar-refractivity contribution in [1.29, 1.82) is 0 Å². The molecule has 2 aromatic rings. The highest BCUT2D eigenvalue weighted by Gasteiger charge is 2.20. The lowest BCUT2D eigenvalue weighted by atomic mass is 9.97. The van der Waals surface area contributed by atoms with Crippen LogP contribution in [0.1, 0.15) is 18.4 Å². The number of hydrogen-bond acceptors (Lipinski definition) is 3. The van der Waals surface area contributed by atoms with Gasteiger partial charge in [-0.25, -0.2) is 0 Å². The first kappa shape index (κ1) is 15.3.